The number of carbonyl (C=O) groups is 1. The van der Waals surface area contributed by atoms with E-state index in [0.717, 1.165) is 10.0 Å². The van der Waals surface area contributed by atoms with Crippen molar-refractivity contribution < 1.29 is 9.53 Å². The van der Waals surface area contributed by atoms with E-state index < -0.39 is 5.97 Å². The number of hydrogen-bond donors (Lipinski definition) is 1. The van der Waals surface area contributed by atoms with Gasteiger partial charge in [-0.25, -0.2) is 4.79 Å². The smallest absolute Gasteiger partial charge is 0.340 e. The summed E-state index contributed by atoms with van der Waals surface area (Å²) in [4.78, 5) is 12.1. The number of carbonyl (C=O) groups excluding carboxylic acids is 1. The zero-order chi connectivity index (χ0) is 14.7. The quantitative estimate of drug-likeness (QED) is 0.574. The van der Waals surface area contributed by atoms with Crippen LogP contribution in [0.15, 0.2) is 45.3 Å². The van der Waals surface area contributed by atoms with Crippen LogP contribution in [-0.4, -0.2) is 5.97 Å². The summed E-state index contributed by atoms with van der Waals surface area (Å²) in [6.07, 6.45) is 0. The van der Waals surface area contributed by atoms with E-state index in [9.17, 15) is 4.79 Å². The molecule has 0 saturated heterocycles. The number of halogens is 3. The van der Waals surface area contributed by atoms with Crippen LogP contribution in [0, 0.1) is 0 Å². The Balaban J connectivity index is 2.13. The van der Waals surface area contributed by atoms with Crippen LogP contribution in [0.1, 0.15) is 15.9 Å². The Bertz CT molecular complexity index is 662. The molecule has 2 aromatic rings. The highest BCUT2D eigenvalue weighted by Crippen LogP contribution is 2.28. The zero-order valence-electron chi connectivity index (χ0n) is 10.2. The predicted molar refractivity (Wildman–Crippen MR) is 86.8 cm³/mol. The molecule has 2 N–H and O–H groups in total. The molecule has 0 unspecified atom stereocenters. The summed E-state index contributed by atoms with van der Waals surface area (Å²) in [5.74, 6) is -0.482. The molecule has 3 nitrogen and oxygen atoms in total. The fourth-order valence-electron chi connectivity index (χ4n) is 1.61. The van der Waals surface area contributed by atoms with Gasteiger partial charge in [-0.2, -0.15) is 0 Å². The van der Waals surface area contributed by atoms with Crippen molar-refractivity contribution in [3.05, 3.63) is 61.5 Å². The highest BCUT2D eigenvalue weighted by atomic mass is 79.9. The van der Waals surface area contributed by atoms with Gasteiger partial charge in [0.1, 0.15) is 6.61 Å². The first kappa shape index (κ1) is 15.4. The minimum atomic E-state index is -0.482. The SMILES string of the molecule is Nc1c(Br)cc(Br)cc1C(=O)OCc1cccc(Cl)c1. The average Bonchev–Trinajstić information content (AvgIpc) is 2.40. The first-order valence-corrected chi connectivity index (χ1v) is 7.60. The van der Waals surface area contributed by atoms with Crippen molar-refractivity contribution in [1.82, 2.24) is 0 Å². The molecule has 0 aliphatic heterocycles. The van der Waals surface area contributed by atoms with Gasteiger partial charge in [0.25, 0.3) is 0 Å². The van der Waals surface area contributed by atoms with Crippen molar-refractivity contribution in [2.75, 3.05) is 5.73 Å². The average molecular weight is 420 g/mol. The lowest BCUT2D eigenvalue weighted by Gasteiger charge is -2.09. The number of nitrogens with two attached hydrogens (primary N) is 1. The number of rotatable bonds is 3. The summed E-state index contributed by atoms with van der Waals surface area (Å²) in [5.41, 5.74) is 7.34. The highest BCUT2D eigenvalue weighted by molar-refractivity contribution is 9.11. The fourth-order valence-corrected chi connectivity index (χ4v) is 3.05. The fraction of sp³-hybridized carbons (Fsp3) is 0.0714. The van der Waals surface area contributed by atoms with Crippen molar-refractivity contribution in [1.29, 1.82) is 0 Å². The third-order valence-corrected chi connectivity index (χ3v) is 3.92. The minimum Gasteiger partial charge on any atom is -0.457 e. The Kier molecular flexibility index (Phi) is 5.07. The maximum absolute atomic E-state index is 12.1. The monoisotopic (exact) mass is 417 g/mol. The number of anilines is 1. The Morgan fingerprint density at radius 3 is 2.70 bits per heavy atom. The van der Waals surface area contributed by atoms with Crippen LogP contribution in [0.4, 0.5) is 5.69 Å². The molecular weight excluding hydrogens is 409 g/mol. The molecule has 0 heterocycles. The molecular formula is C14H10Br2ClNO2. The lowest BCUT2D eigenvalue weighted by atomic mass is 10.2. The zero-order valence-corrected chi connectivity index (χ0v) is 14.1. The van der Waals surface area contributed by atoms with Gasteiger partial charge in [-0.15, -0.1) is 0 Å². The second-order valence-corrected chi connectivity index (χ2v) is 6.26. The third kappa shape index (κ3) is 3.75. The number of hydrogen-bond acceptors (Lipinski definition) is 3. The lowest BCUT2D eigenvalue weighted by Crippen LogP contribution is -2.09. The minimum absolute atomic E-state index is 0.142. The van der Waals surface area contributed by atoms with Crippen molar-refractivity contribution in [2.45, 2.75) is 6.61 Å². The second kappa shape index (κ2) is 6.61. The van der Waals surface area contributed by atoms with E-state index in [-0.39, 0.29) is 6.61 Å². The maximum Gasteiger partial charge on any atom is 0.340 e. The Hall–Kier alpha value is -1.04. The van der Waals surface area contributed by atoms with Gasteiger partial charge >= 0.3 is 5.97 Å². The number of ether oxygens (including phenoxy) is 1. The van der Waals surface area contributed by atoms with E-state index in [2.05, 4.69) is 31.9 Å². The molecule has 2 aromatic carbocycles. The Labute approximate surface area is 138 Å². The summed E-state index contributed by atoms with van der Waals surface area (Å²) >= 11 is 12.5. The largest absolute Gasteiger partial charge is 0.457 e. The summed E-state index contributed by atoms with van der Waals surface area (Å²) in [6, 6.07) is 10.5. The van der Waals surface area contributed by atoms with Crippen LogP contribution in [0.3, 0.4) is 0 Å². The van der Waals surface area contributed by atoms with Crippen LogP contribution in [0.2, 0.25) is 5.02 Å². The lowest BCUT2D eigenvalue weighted by molar-refractivity contribution is 0.0474. The van der Waals surface area contributed by atoms with Gasteiger partial charge in [0.2, 0.25) is 0 Å². The summed E-state index contributed by atoms with van der Waals surface area (Å²) < 4.78 is 6.62. The van der Waals surface area contributed by atoms with Gasteiger partial charge in [-0.3, -0.25) is 0 Å². The third-order valence-electron chi connectivity index (χ3n) is 2.57. The van der Waals surface area contributed by atoms with Gasteiger partial charge in [0, 0.05) is 14.0 Å². The first-order valence-electron chi connectivity index (χ1n) is 5.63. The van der Waals surface area contributed by atoms with E-state index in [1.807, 2.05) is 6.07 Å². The number of nitrogen functional groups attached to an aromatic ring is 1. The van der Waals surface area contributed by atoms with Gasteiger partial charge in [-0.1, -0.05) is 39.7 Å². The summed E-state index contributed by atoms with van der Waals surface area (Å²) in [5, 5.41) is 0.600. The van der Waals surface area contributed by atoms with E-state index in [0.29, 0.717) is 20.7 Å². The summed E-state index contributed by atoms with van der Waals surface area (Å²) in [7, 11) is 0. The molecule has 0 aromatic heterocycles. The first-order chi connectivity index (χ1) is 9.47. The molecule has 0 aliphatic carbocycles. The van der Waals surface area contributed by atoms with Gasteiger partial charge in [0.05, 0.1) is 11.3 Å². The Morgan fingerprint density at radius 2 is 2.00 bits per heavy atom. The van der Waals surface area contributed by atoms with Crippen LogP contribution in [0.25, 0.3) is 0 Å². The highest BCUT2D eigenvalue weighted by Gasteiger charge is 2.14. The molecule has 6 heteroatoms. The topological polar surface area (TPSA) is 52.3 Å². The molecule has 0 amide bonds. The molecule has 0 atom stereocenters. The van der Waals surface area contributed by atoms with Crippen molar-refractivity contribution >= 4 is 55.1 Å². The summed E-state index contributed by atoms with van der Waals surface area (Å²) in [6.45, 7) is 0.142. The van der Waals surface area contributed by atoms with Crippen molar-refractivity contribution in [3.63, 3.8) is 0 Å². The molecule has 2 rings (SSSR count). The van der Waals surface area contributed by atoms with Crippen molar-refractivity contribution in [3.8, 4) is 0 Å². The van der Waals surface area contributed by atoms with E-state index in [1.165, 1.54) is 0 Å². The normalized spacial score (nSPS) is 10.3. The molecule has 0 radical (unpaired) electrons. The van der Waals surface area contributed by atoms with Crippen LogP contribution < -0.4 is 5.73 Å². The van der Waals surface area contributed by atoms with E-state index in [4.69, 9.17) is 22.1 Å². The van der Waals surface area contributed by atoms with Gasteiger partial charge in [-0.05, 0) is 45.8 Å². The molecule has 0 bridgehead atoms. The molecule has 0 spiro atoms. The standard InChI is InChI=1S/C14H10Br2ClNO2/c15-9-5-11(13(18)12(16)6-9)14(19)20-7-8-2-1-3-10(17)4-8/h1-6H,7,18H2. The molecule has 104 valence electrons. The van der Waals surface area contributed by atoms with Crippen LogP contribution in [-0.2, 0) is 11.3 Å². The van der Waals surface area contributed by atoms with Gasteiger partial charge in [0.15, 0.2) is 0 Å². The van der Waals surface area contributed by atoms with Gasteiger partial charge < -0.3 is 10.5 Å². The number of esters is 1. The van der Waals surface area contributed by atoms with Crippen LogP contribution in [0.5, 0.6) is 0 Å². The van der Waals surface area contributed by atoms with Crippen molar-refractivity contribution in [2.24, 2.45) is 0 Å². The van der Waals surface area contributed by atoms with Crippen LogP contribution >= 0.6 is 43.5 Å². The Morgan fingerprint density at radius 1 is 1.25 bits per heavy atom. The molecule has 0 aliphatic rings. The molecule has 0 saturated carbocycles. The predicted octanol–water partition coefficient (Wildman–Crippen LogP) is 4.80. The van der Waals surface area contributed by atoms with E-state index in [1.54, 1.807) is 30.3 Å². The molecule has 20 heavy (non-hydrogen) atoms. The van der Waals surface area contributed by atoms with E-state index >= 15 is 0 Å². The number of benzene rings is 2. The molecule has 0 fully saturated rings. The maximum atomic E-state index is 12.1. The second-order valence-electron chi connectivity index (χ2n) is 4.05.